The number of fused-ring (bicyclic) bond motifs is 1. The minimum Gasteiger partial charge on any atom is -0.364 e. The first-order chi connectivity index (χ1) is 12.3. The number of nitrogens with two attached hydrogens (primary N) is 1. The van der Waals surface area contributed by atoms with Gasteiger partial charge in [0, 0.05) is 29.1 Å². The van der Waals surface area contributed by atoms with Crippen LogP contribution in [0.2, 0.25) is 0 Å². The van der Waals surface area contributed by atoms with E-state index in [1.165, 1.54) is 12.1 Å². The highest BCUT2D eigenvalue weighted by atomic mass is 19.1. The van der Waals surface area contributed by atoms with E-state index in [1.54, 1.807) is 34.9 Å². The lowest BCUT2D eigenvalue weighted by Crippen LogP contribution is -2.17. The van der Waals surface area contributed by atoms with Crippen LogP contribution in [-0.2, 0) is 11.3 Å². The van der Waals surface area contributed by atoms with Crippen molar-refractivity contribution in [3.63, 3.8) is 0 Å². The predicted octanol–water partition coefficient (Wildman–Crippen LogP) is 3.52. The summed E-state index contributed by atoms with van der Waals surface area (Å²) in [6, 6.07) is 13.3. The highest BCUT2D eigenvalue weighted by Crippen LogP contribution is 2.25. The van der Waals surface area contributed by atoms with Gasteiger partial charge in [-0.15, -0.1) is 0 Å². The third-order valence-electron chi connectivity index (χ3n) is 4.18. The first-order valence-corrected chi connectivity index (χ1v) is 8.33. The summed E-state index contributed by atoms with van der Waals surface area (Å²) in [5, 5.41) is 3.61. The number of hydrogen-bond donors (Lipinski definition) is 2. The number of rotatable bonds is 5. The van der Waals surface area contributed by atoms with E-state index in [-0.39, 0.29) is 17.6 Å². The quantitative estimate of drug-likeness (QED) is 0.736. The zero-order chi connectivity index (χ0) is 18.8. The van der Waals surface area contributed by atoms with Crippen LogP contribution in [0.4, 0.5) is 10.1 Å². The van der Waals surface area contributed by atoms with Crippen LogP contribution in [0, 0.1) is 11.7 Å². The molecule has 0 spiro atoms. The van der Waals surface area contributed by atoms with Crippen molar-refractivity contribution in [3.05, 3.63) is 65.6 Å². The average molecular weight is 353 g/mol. The second-order valence-corrected chi connectivity index (χ2v) is 6.53. The number of nitrogens with zero attached hydrogens (tertiary/aromatic N) is 1. The van der Waals surface area contributed by atoms with Crippen LogP contribution >= 0.6 is 0 Å². The lowest BCUT2D eigenvalue weighted by molar-refractivity contribution is -0.118. The average Bonchev–Trinajstić information content (AvgIpc) is 2.93. The minimum atomic E-state index is -0.564. The van der Waals surface area contributed by atoms with Gasteiger partial charge in [0.2, 0.25) is 5.91 Å². The fraction of sp³-hybridized carbons (Fsp3) is 0.200. The Bertz CT molecular complexity index is 992. The van der Waals surface area contributed by atoms with Gasteiger partial charge in [0.05, 0.1) is 0 Å². The Morgan fingerprint density at radius 3 is 2.58 bits per heavy atom. The summed E-state index contributed by atoms with van der Waals surface area (Å²) < 4.78 is 15.2. The summed E-state index contributed by atoms with van der Waals surface area (Å²) in [4.78, 5) is 23.7. The van der Waals surface area contributed by atoms with Crippen molar-refractivity contribution in [2.24, 2.45) is 11.7 Å². The predicted molar refractivity (Wildman–Crippen MR) is 99.4 cm³/mol. The molecular weight excluding hydrogens is 333 g/mol. The molecule has 0 radical (unpaired) electrons. The molecular formula is C20H20FN3O2. The highest BCUT2D eigenvalue weighted by molar-refractivity contribution is 6.00. The molecule has 0 saturated carbocycles. The Hall–Kier alpha value is -3.15. The molecule has 3 aromatic rings. The van der Waals surface area contributed by atoms with E-state index >= 15 is 0 Å². The van der Waals surface area contributed by atoms with Crippen LogP contribution in [0.5, 0.6) is 0 Å². The van der Waals surface area contributed by atoms with Crippen molar-refractivity contribution < 1.29 is 14.0 Å². The molecule has 6 heteroatoms. The van der Waals surface area contributed by atoms with Gasteiger partial charge in [-0.05, 0) is 42.0 Å². The molecule has 0 atom stereocenters. The van der Waals surface area contributed by atoms with Crippen molar-refractivity contribution >= 4 is 28.4 Å². The summed E-state index contributed by atoms with van der Waals surface area (Å²) >= 11 is 0. The van der Waals surface area contributed by atoms with E-state index in [0.29, 0.717) is 17.9 Å². The number of nitrogens with one attached hydrogen (secondary N) is 1. The summed E-state index contributed by atoms with van der Waals surface area (Å²) in [6.45, 7) is 3.94. The number of halogens is 1. The summed E-state index contributed by atoms with van der Waals surface area (Å²) in [7, 11) is 0. The number of anilines is 1. The molecule has 0 fully saturated rings. The van der Waals surface area contributed by atoms with E-state index in [9.17, 15) is 14.0 Å². The maximum atomic E-state index is 13.5. The van der Waals surface area contributed by atoms with E-state index < -0.39 is 5.91 Å². The molecule has 2 aromatic carbocycles. The molecule has 0 aliphatic rings. The Morgan fingerprint density at radius 1 is 1.15 bits per heavy atom. The molecule has 0 saturated heterocycles. The SMILES string of the molecule is CC(C)C(=O)Nc1ccc2c(c1)cc(C(N)=O)n2Cc1cccc(F)c1. The van der Waals surface area contributed by atoms with Crippen LogP contribution < -0.4 is 11.1 Å². The summed E-state index contributed by atoms with van der Waals surface area (Å²) in [5.74, 6) is -1.12. The van der Waals surface area contributed by atoms with Gasteiger partial charge in [-0.3, -0.25) is 9.59 Å². The lowest BCUT2D eigenvalue weighted by Gasteiger charge is -2.10. The topological polar surface area (TPSA) is 77.1 Å². The number of aromatic nitrogens is 1. The number of amides is 2. The smallest absolute Gasteiger partial charge is 0.265 e. The van der Waals surface area contributed by atoms with Crippen molar-refractivity contribution in [1.82, 2.24) is 4.57 Å². The summed E-state index contributed by atoms with van der Waals surface area (Å²) in [6.07, 6.45) is 0. The van der Waals surface area contributed by atoms with Crippen molar-refractivity contribution in [3.8, 4) is 0 Å². The normalized spacial score (nSPS) is 11.1. The van der Waals surface area contributed by atoms with Gasteiger partial charge < -0.3 is 15.6 Å². The van der Waals surface area contributed by atoms with Gasteiger partial charge >= 0.3 is 0 Å². The number of carbonyl (C=O) groups excluding carboxylic acids is 2. The van der Waals surface area contributed by atoms with Gasteiger partial charge in [0.1, 0.15) is 11.5 Å². The van der Waals surface area contributed by atoms with Crippen molar-refractivity contribution in [1.29, 1.82) is 0 Å². The van der Waals surface area contributed by atoms with Crippen LogP contribution in [0.25, 0.3) is 10.9 Å². The van der Waals surface area contributed by atoms with Crippen LogP contribution in [0.15, 0.2) is 48.5 Å². The van der Waals surface area contributed by atoms with Crippen molar-refractivity contribution in [2.45, 2.75) is 20.4 Å². The molecule has 134 valence electrons. The van der Waals surface area contributed by atoms with Gasteiger partial charge in [-0.25, -0.2) is 4.39 Å². The van der Waals surface area contributed by atoms with E-state index in [2.05, 4.69) is 5.32 Å². The Labute approximate surface area is 150 Å². The van der Waals surface area contributed by atoms with Crippen LogP contribution in [-0.4, -0.2) is 16.4 Å². The maximum absolute atomic E-state index is 13.5. The highest BCUT2D eigenvalue weighted by Gasteiger charge is 2.15. The molecule has 1 aromatic heterocycles. The number of hydrogen-bond acceptors (Lipinski definition) is 2. The Balaban J connectivity index is 2.02. The van der Waals surface area contributed by atoms with E-state index in [4.69, 9.17) is 5.73 Å². The monoisotopic (exact) mass is 353 g/mol. The molecule has 3 rings (SSSR count). The van der Waals surface area contributed by atoms with Gasteiger partial charge in [0.15, 0.2) is 0 Å². The first kappa shape index (κ1) is 17.7. The molecule has 3 N–H and O–H groups in total. The first-order valence-electron chi connectivity index (χ1n) is 8.33. The van der Waals surface area contributed by atoms with Crippen molar-refractivity contribution in [2.75, 3.05) is 5.32 Å². The third kappa shape index (κ3) is 3.59. The molecule has 5 nitrogen and oxygen atoms in total. The zero-order valence-electron chi connectivity index (χ0n) is 14.6. The third-order valence-corrected chi connectivity index (χ3v) is 4.18. The molecule has 0 unspecified atom stereocenters. The Kier molecular flexibility index (Phi) is 4.75. The molecule has 2 amide bonds. The molecule has 0 aliphatic carbocycles. The van der Waals surface area contributed by atoms with E-state index in [1.807, 2.05) is 19.9 Å². The van der Waals surface area contributed by atoms with Crippen LogP contribution in [0.3, 0.4) is 0 Å². The number of carbonyl (C=O) groups is 2. The van der Waals surface area contributed by atoms with Gasteiger partial charge in [-0.1, -0.05) is 26.0 Å². The minimum absolute atomic E-state index is 0.0846. The van der Waals surface area contributed by atoms with Gasteiger partial charge in [0.25, 0.3) is 5.91 Å². The molecule has 26 heavy (non-hydrogen) atoms. The molecule has 0 aliphatic heterocycles. The Morgan fingerprint density at radius 2 is 1.92 bits per heavy atom. The standard InChI is InChI=1S/C20H20FN3O2/c1-12(2)20(26)23-16-6-7-17-14(9-16)10-18(19(22)25)24(17)11-13-4-3-5-15(21)8-13/h3-10,12H,11H2,1-2H3,(H2,22,25)(H,23,26). The summed E-state index contributed by atoms with van der Waals surface area (Å²) in [5.41, 5.74) is 8.00. The fourth-order valence-electron chi connectivity index (χ4n) is 2.83. The largest absolute Gasteiger partial charge is 0.364 e. The number of primary amides is 1. The van der Waals surface area contributed by atoms with Gasteiger partial charge in [-0.2, -0.15) is 0 Å². The van der Waals surface area contributed by atoms with E-state index in [0.717, 1.165) is 16.5 Å². The number of benzene rings is 2. The second-order valence-electron chi connectivity index (χ2n) is 6.53. The molecule has 1 heterocycles. The lowest BCUT2D eigenvalue weighted by atomic mass is 10.2. The maximum Gasteiger partial charge on any atom is 0.265 e. The zero-order valence-corrected chi connectivity index (χ0v) is 14.6. The second kappa shape index (κ2) is 7.00. The fourth-order valence-corrected chi connectivity index (χ4v) is 2.83. The molecule has 0 bridgehead atoms. The van der Waals surface area contributed by atoms with Crippen LogP contribution in [0.1, 0.15) is 29.9 Å².